The monoisotopic (exact) mass is 574 g/mol. The number of hydrogen-bond donors (Lipinski definition) is 1. The van der Waals surface area contributed by atoms with Crippen molar-refractivity contribution < 1.29 is 29.0 Å². The summed E-state index contributed by atoms with van der Waals surface area (Å²) in [6, 6.07) is -0.829. The van der Waals surface area contributed by atoms with Crippen LogP contribution in [0.1, 0.15) is 46.5 Å². The van der Waals surface area contributed by atoms with Crippen molar-refractivity contribution in [1.29, 1.82) is 0 Å². The maximum atomic E-state index is 14.6. The second-order valence-corrected chi connectivity index (χ2v) is 12.3. The van der Waals surface area contributed by atoms with Gasteiger partial charge in [-0.15, -0.1) is 13.2 Å². The Balaban J connectivity index is 1.70. The molecule has 4 rings (SSSR count). The number of aliphatic hydroxyl groups excluding tert-OH is 1. The molecule has 4 aliphatic heterocycles. The standard InChI is InChI=1S/C31H50N4O6/c1-6-11-33(12-7-2)27(37)24-25-28(38)35(14-9-10-19-36)26(31(25)22-23(4)30(24,5)41-31)29(39)34(13-8-3)16-15-32-17-20-40-21-18-32/h6,8,23-26,36H,1,3,7,9-22H2,2,4-5H3/t23?,24-,25-,26?,30+,31?/m0/s1. The van der Waals surface area contributed by atoms with Crippen LogP contribution in [0.4, 0.5) is 0 Å². The smallest absolute Gasteiger partial charge is 0.248 e. The molecule has 3 unspecified atom stereocenters. The quantitative estimate of drug-likeness (QED) is 0.234. The zero-order chi connectivity index (χ0) is 29.8. The van der Waals surface area contributed by atoms with Gasteiger partial charge in [-0.3, -0.25) is 19.3 Å². The van der Waals surface area contributed by atoms with Crippen LogP contribution in [0.5, 0.6) is 0 Å². The number of carbonyl (C=O) groups excluding carboxylic acids is 3. The van der Waals surface area contributed by atoms with E-state index in [1.54, 1.807) is 26.9 Å². The summed E-state index contributed by atoms with van der Waals surface area (Å²) in [6.45, 7) is 19.7. The molecule has 0 radical (unpaired) electrons. The third kappa shape index (κ3) is 5.72. The minimum Gasteiger partial charge on any atom is -0.396 e. The molecule has 10 heteroatoms. The predicted molar refractivity (Wildman–Crippen MR) is 156 cm³/mol. The maximum absolute atomic E-state index is 14.6. The van der Waals surface area contributed by atoms with Gasteiger partial charge in [-0.05, 0) is 38.5 Å². The van der Waals surface area contributed by atoms with Gasteiger partial charge in [0.15, 0.2) is 0 Å². The van der Waals surface area contributed by atoms with E-state index in [0.29, 0.717) is 71.7 Å². The summed E-state index contributed by atoms with van der Waals surface area (Å²) < 4.78 is 12.4. The lowest BCUT2D eigenvalue weighted by Crippen LogP contribution is -2.57. The van der Waals surface area contributed by atoms with Gasteiger partial charge >= 0.3 is 0 Å². The van der Waals surface area contributed by atoms with Gasteiger partial charge in [0, 0.05) is 59.0 Å². The number of morpholine rings is 1. The van der Waals surface area contributed by atoms with E-state index >= 15 is 0 Å². The molecule has 1 spiro atoms. The predicted octanol–water partition coefficient (Wildman–Crippen LogP) is 1.54. The number of hydrogen-bond acceptors (Lipinski definition) is 7. The van der Waals surface area contributed by atoms with Crippen LogP contribution in [0.3, 0.4) is 0 Å². The fourth-order valence-electron chi connectivity index (χ4n) is 7.65. The normalized spacial score (nSPS) is 32.7. The van der Waals surface area contributed by atoms with Crippen molar-refractivity contribution in [3.63, 3.8) is 0 Å². The van der Waals surface area contributed by atoms with Crippen molar-refractivity contribution in [2.75, 3.05) is 72.2 Å². The van der Waals surface area contributed by atoms with Crippen LogP contribution in [0.25, 0.3) is 0 Å². The van der Waals surface area contributed by atoms with Crippen LogP contribution in [-0.4, -0.2) is 132 Å². The van der Waals surface area contributed by atoms with Crippen molar-refractivity contribution >= 4 is 17.7 Å². The van der Waals surface area contributed by atoms with Gasteiger partial charge in [-0.2, -0.15) is 0 Å². The van der Waals surface area contributed by atoms with E-state index in [2.05, 4.69) is 25.0 Å². The van der Waals surface area contributed by atoms with E-state index < -0.39 is 29.1 Å². The second kappa shape index (κ2) is 13.4. The number of likely N-dealkylation sites (tertiary alicyclic amines) is 1. The number of fused-ring (bicyclic) bond motifs is 1. The molecule has 1 N–H and O–H groups in total. The number of aliphatic hydroxyl groups is 1. The van der Waals surface area contributed by atoms with Crippen LogP contribution in [0.15, 0.2) is 25.3 Å². The van der Waals surface area contributed by atoms with Crippen molar-refractivity contribution in [2.45, 2.75) is 63.7 Å². The molecule has 41 heavy (non-hydrogen) atoms. The molecule has 4 aliphatic rings. The number of rotatable bonds is 15. The molecule has 4 fully saturated rings. The fourth-order valence-corrected chi connectivity index (χ4v) is 7.65. The summed E-state index contributed by atoms with van der Waals surface area (Å²) in [7, 11) is 0. The summed E-state index contributed by atoms with van der Waals surface area (Å²) in [5, 5.41) is 9.46. The number of nitrogens with zero attached hydrogens (tertiary/aromatic N) is 4. The molecule has 4 heterocycles. The molecular weight excluding hydrogens is 524 g/mol. The lowest BCUT2D eigenvalue weighted by atomic mass is 9.62. The summed E-state index contributed by atoms with van der Waals surface area (Å²) >= 11 is 0. The molecule has 4 saturated heterocycles. The molecule has 0 aromatic carbocycles. The van der Waals surface area contributed by atoms with E-state index in [-0.39, 0.29) is 30.2 Å². The van der Waals surface area contributed by atoms with Crippen molar-refractivity contribution in [1.82, 2.24) is 19.6 Å². The lowest BCUT2D eigenvalue weighted by molar-refractivity contribution is -0.155. The van der Waals surface area contributed by atoms with Crippen LogP contribution >= 0.6 is 0 Å². The highest BCUT2D eigenvalue weighted by atomic mass is 16.5. The summed E-state index contributed by atoms with van der Waals surface area (Å²) in [5.74, 6) is -1.85. The zero-order valence-corrected chi connectivity index (χ0v) is 25.3. The first kappa shape index (κ1) is 31.7. The Morgan fingerprint density at radius 2 is 1.73 bits per heavy atom. The minimum atomic E-state index is -1.08. The van der Waals surface area contributed by atoms with Gasteiger partial charge in [0.2, 0.25) is 17.7 Å². The molecule has 3 amide bonds. The maximum Gasteiger partial charge on any atom is 0.248 e. The Bertz CT molecular complexity index is 986. The van der Waals surface area contributed by atoms with Crippen molar-refractivity contribution in [2.24, 2.45) is 17.8 Å². The average Bonchev–Trinajstić information content (AvgIpc) is 3.47. The van der Waals surface area contributed by atoms with Gasteiger partial charge in [0.25, 0.3) is 0 Å². The molecule has 10 nitrogen and oxygen atoms in total. The lowest BCUT2D eigenvalue weighted by Gasteiger charge is -2.39. The van der Waals surface area contributed by atoms with Gasteiger partial charge in [0.1, 0.15) is 11.6 Å². The van der Waals surface area contributed by atoms with Gasteiger partial charge in [-0.1, -0.05) is 26.0 Å². The van der Waals surface area contributed by atoms with E-state index in [1.165, 1.54) is 0 Å². The Labute approximate surface area is 245 Å². The SMILES string of the molecule is C=CCN(CCN1CCOCC1)C(=O)C1N(CCCCO)C(=O)[C@@H]2[C@@H](C(=O)N(CC=C)CCC)[C@]3(C)OC12CC3C. The molecule has 0 aromatic heterocycles. The summed E-state index contributed by atoms with van der Waals surface area (Å²) in [5.41, 5.74) is -1.93. The average molecular weight is 575 g/mol. The first-order valence-electron chi connectivity index (χ1n) is 15.4. The van der Waals surface area contributed by atoms with E-state index in [0.717, 1.165) is 19.5 Å². The summed E-state index contributed by atoms with van der Waals surface area (Å²) in [4.78, 5) is 50.6. The molecule has 230 valence electrons. The fraction of sp³-hybridized carbons (Fsp3) is 0.774. The molecule has 0 saturated carbocycles. The largest absolute Gasteiger partial charge is 0.396 e. The van der Waals surface area contributed by atoms with Crippen molar-refractivity contribution in [3.05, 3.63) is 25.3 Å². The molecule has 6 atom stereocenters. The second-order valence-electron chi connectivity index (χ2n) is 12.3. The Morgan fingerprint density at radius 1 is 1.07 bits per heavy atom. The molecule has 0 aromatic rings. The highest BCUT2D eigenvalue weighted by Crippen LogP contribution is 2.65. The number of ether oxygens (including phenoxy) is 2. The molecular formula is C31H50N4O6. The van der Waals surface area contributed by atoms with Crippen LogP contribution in [0.2, 0.25) is 0 Å². The van der Waals surface area contributed by atoms with Crippen molar-refractivity contribution in [3.8, 4) is 0 Å². The van der Waals surface area contributed by atoms with E-state index in [9.17, 15) is 19.5 Å². The van der Waals surface area contributed by atoms with Gasteiger partial charge in [0.05, 0.1) is 30.7 Å². The van der Waals surface area contributed by atoms with Crippen LogP contribution in [-0.2, 0) is 23.9 Å². The van der Waals surface area contributed by atoms with E-state index in [4.69, 9.17) is 9.47 Å². The zero-order valence-electron chi connectivity index (χ0n) is 25.3. The third-order valence-electron chi connectivity index (χ3n) is 9.73. The number of unbranched alkanes of at least 4 members (excludes halogenated alkanes) is 1. The van der Waals surface area contributed by atoms with Gasteiger partial charge in [-0.25, -0.2) is 0 Å². The topological polar surface area (TPSA) is 103 Å². The Hall–Kier alpha value is -2.27. The first-order chi connectivity index (χ1) is 19.7. The number of carbonyl (C=O) groups is 3. The Kier molecular flexibility index (Phi) is 10.3. The highest BCUT2D eigenvalue weighted by Gasteiger charge is 2.80. The summed E-state index contributed by atoms with van der Waals surface area (Å²) in [6.07, 6.45) is 5.86. The third-order valence-corrected chi connectivity index (χ3v) is 9.73. The minimum absolute atomic E-state index is 0.0115. The van der Waals surface area contributed by atoms with Gasteiger partial charge < -0.3 is 29.3 Å². The van der Waals surface area contributed by atoms with Crippen LogP contribution < -0.4 is 0 Å². The van der Waals surface area contributed by atoms with Crippen LogP contribution in [0, 0.1) is 17.8 Å². The van der Waals surface area contributed by atoms with E-state index in [1.807, 2.05) is 13.8 Å². The molecule has 0 aliphatic carbocycles. The first-order valence-corrected chi connectivity index (χ1v) is 15.4. The Morgan fingerprint density at radius 3 is 2.34 bits per heavy atom. The molecule has 2 bridgehead atoms. The highest BCUT2D eigenvalue weighted by molar-refractivity contribution is 5.99. The number of amides is 3.